The molecular formula is C15H15N3. The maximum Gasteiger partial charge on any atom is 0.262 e. The maximum atomic E-state index is 8.71. The van der Waals surface area contributed by atoms with Gasteiger partial charge in [0.25, 0.3) is 5.70 Å². The molecule has 90 valence electrons. The van der Waals surface area contributed by atoms with Crippen LogP contribution in [-0.2, 0) is 0 Å². The Morgan fingerprint density at radius 1 is 1.22 bits per heavy atom. The predicted octanol–water partition coefficient (Wildman–Crippen LogP) is 3.46. The highest BCUT2D eigenvalue weighted by Crippen LogP contribution is 2.21. The normalized spacial score (nSPS) is 15.9. The Hall–Kier alpha value is -2.26. The van der Waals surface area contributed by atoms with Crippen molar-refractivity contribution in [2.24, 2.45) is 0 Å². The summed E-state index contributed by atoms with van der Waals surface area (Å²) >= 11 is 0. The van der Waals surface area contributed by atoms with Crippen LogP contribution in [0.3, 0.4) is 0 Å². The van der Waals surface area contributed by atoms with Crippen molar-refractivity contribution in [1.82, 2.24) is 0 Å². The van der Waals surface area contributed by atoms with Crippen LogP contribution in [0, 0.1) is 17.9 Å². The number of rotatable bonds is 2. The molecule has 0 aliphatic carbocycles. The summed E-state index contributed by atoms with van der Waals surface area (Å²) in [5.74, 6) is 0. The van der Waals surface area contributed by atoms with Crippen LogP contribution in [0.25, 0.3) is 10.9 Å². The van der Waals surface area contributed by atoms with E-state index in [1.165, 1.54) is 24.9 Å². The van der Waals surface area contributed by atoms with E-state index in [0.29, 0.717) is 0 Å². The number of nitriles is 1. The lowest BCUT2D eigenvalue weighted by Gasteiger charge is -2.28. The second kappa shape index (κ2) is 5.89. The molecule has 1 aromatic rings. The molecule has 1 saturated heterocycles. The van der Waals surface area contributed by atoms with Crippen molar-refractivity contribution >= 4 is 11.8 Å². The minimum atomic E-state index is 0.126. The van der Waals surface area contributed by atoms with Crippen LogP contribution in [0.4, 0.5) is 5.69 Å². The van der Waals surface area contributed by atoms with E-state index in [-0.39, 0.29) is 5.70 Å². The van der Waals surface area contributed by atoms with Crippen molar-refractivity contribution in [1.29, 1.82) is 5.26 Å². The monoisotopic (exact) mass is 237 g/mol. The van der Waals surface area contributed by atoms with Gasteiger partial charge in [0, 0.05) is 18.8 Å². The molecule has 0 N–H and O–H groups in total. The van der Waals surface area contributed by atoms with E-state index in [0.717, 1.165) is 18.7 Å². The van der Waals surface area contributed by atoms with E-state index >= 15 is 0 Å². The van der Waals surface area contributed by atoms with Gasteiger partial charge in [-0.3, -0.25) is 0 Å². The minimum absolute atomic E-state index is 0.126. The molecule has 1 aliphatic rings. The van der Waals surface area contributed by atoms with E-state index in [9.17, 15) is 0 Å². The first-order chi connectivity index (χ1) is 8.83. The maximum absolute atomic E-state index is 8.71. The van der Waals surface area contributed by atoms with E-state index in [4.69, 9.17) is 11.8 Å². The molecule has 0 bridgehead atoms. The summed E-state index contributed by atoms with van der Waals surface area (Å²) in [6.07, 6.45) is 5.47. The van der Waals surface area contributed by atoms with Crippen LogP contribution in [-0.4, -0.2) is 13.1 Å². The molecular weight excluding hydrogens is 222 g/mol. The molecule has 0 radical (unpaired) electrons. The predicted molar refractivity (Wildman–Crippen MR) is 72.7 cm³/mol. The number of hydrogen-bond donors (Lipinski definition) is 0. The average Bonchev–Trinajstić information content (AvgIpc) is 2.46. The molecule has 0 spiro atoms. The molecule has 0 saturated carbocycles. The Morgan fingerprint density at radius 3 is 2.44 bits per heavy atom. The zero-order valence-corrected chi connectivity index (χ0v) is 10.3. The Morgan fingerprint density at radius 2 is 1.89 bits per heavy atom. The van der Waals surface area contributed by atoms with Crippen LogP contribution < -0.4 is 4.90 Å². The summed E-state index contributed by atoms with van der Waals surface area (Å²) in [5, 5.41) is 8.71. The highest BCUT2D eigenvalue weighted by atomic mass is 15.1. The standard InChI is InChI=1S/C15H15N3/c1-17-14(12-16)11-13-5-7-15(8-6-13)18-9-3-2-4-10-18/h5-8,11H,2-4,9-10H2/b14-11-. The molecule has 0 unspecified atom stereocenters. The van der Waals surface area contributed by atoms with Crippen molar-refractivity contribution in [3.63, 3.8) is 0 Å². The topological polar surface area (TPSA) is 31.4 Å². The van der Waals surface area contributed by atoms with Gasteiger partial charge in [0.1, 0.15) is 0 Å². The molecule has 2 rings (SSSR count). The molecule has 3 nitrogen and oxygen atoms in total. The largest absolute Gasteiger partial charge is 0.372 e. The molecule has 1 aliphatic heterocycles. The molecule has 3 heteroatoms. The Balaban J connectivity index is 2.13. The third-order valence-electron chi connectivity index (χ3n) is 3.15. The number of nitrogens with zero attached hydrogens (tertiary/aromatic N) is 3. The molecule has 1 aromatic carbocycles. The lowest BCUT2D eigenvalue weighted by atomic mass is 10.1. The van der Waals surface area contributed by atoms with Crippen molar-refractivity contribution < 1.29 is 0 Å². The SMILES string of the molecule is [C-]#[N+]/C(C#N)=C\c1ccc(N2CCCCC2)cc1. The first kappa shape index (κ1) is 12.2. The Labute approximate surface area is 108 Å². The third-order valence-corrected chi connectivity index (χ3v) is 3.15. The molecule has 18 heavy (non-hydrogen) atoms. The van der Waals surface area contributed by atoms with Gasteiger partial charge in [-0.25, -0.2) is 10.1 Å². The zero-order valence-electron chi connectivity index (χ0n) is 10.3. The summed E-state index contributed by atoms with van der Waals surface area (Å²) < 4.78 is 0. The van der Waals surface area contributed by atoms with E-state index in [1.807, 2.05) is 18.2 Å². The van der Waals surface area contributed by atoms with Gasteiger partial charge >= 0.3 is 0 Å². The summed E-state index contributed by atoms with van der Waals surface area (Å²) in [7, 11) is 0. The van der Waals surface area contributed by atoms with E-state index < -0.39 is 0 Å². The van der Waals surface area contributed by atoms with E-state index in [1.54, 1.807) is 6.08 Å². The van der Waals surface area contributed by atoms with Gasteiger partial charge in [0.05, 0.1) is 12.6 Å². The fourth-order valence-corrected chi connectivity index (χ4v) is 2.18. The second-order valence-corrected chi connectivity index (χ2v) is 4.39. The highest BCUT2D eigenvalue weighted by Gasteiger charge is 2.10. The van der Waals surface area contributed by atoms with E-state index in [2.05, 4.69) is 21.9 Å². The fraction of sp³-hybridized carbons (Fsp3) is 0.333. The smallest absolute Gasteiger partial charge is 0.262 e. The van der Waals surface area contributed by atoms with Gasteiger partial charge in [0.2, 0.25) is 0 Å². The van der Waals surface area contributed by atoms with Crippen LogP contribution in [0.5, 0.6) is 0 Å². The first-order valence-electron chi connectivity index (χ1n) is 6.18. The summed E-state index contributed by atoms with van der Waals surface area (Å²) in [5.41, 5.74) is 2.26. The summed E-state index contributed by atoms with van der Waals surface area (Å²) in [4.78, 5) is 5.54. The summed E-state index contributed by atoms with van der Waals surface area (Å²) in [6, 6.07) is 9.94. The van der Waals surface area contributed by atoms with Crippen molar-refractivity contribution in [2.45, 2.75) is 19.3 Å². The number of hydrogen-bond acceptors (Lipinski definition) is 2. The molecule has 0 atom stereocenters. The lowest BCUT2D eigenvalue weighted by molar-refractivity contribution is 0.578. The third kappa shape index (κ3) is 2.90. The second-order valence-electron chi connectivity index (χ2n) is 4.39. The quantitative estimate of drug-likeness (QED) is 0.582. The first-order valence-corrected chi connectivity index (χ1v) is 6.18. The van der Waals surface area contributed by atoms with Crippen molar-refractivity contribution in [2.75, 3.05) is 18.0 Å². The van der Waals surface area contributed by atoms with Gasteiger partial charge in [-0.2, -0.15) is 0 Å². The number of allylic oxidation sites excluding steroid dienone is 1. The average molecular weight is 237 g/mol. The summed E-state index contributed by atoms with van der Waals surface area (Å²) in [6.45, 7) is 9.09. The lowest BCUT2D eigenvalue weighted by Crippen LogP contribution is -2.29. The zero-order chi connectivity index (χ0) is 12.8. The van der Waals surface area contributed by atoms with Crippen LogP contribution in [0.2, 0.25) is 0 Å². The van der Waals surface area contributed by atoms with Gasteiger partial charge in [-0.05, 0) is 43.0 Å². The highest BCUT2D eigenvalue weighted by molar-refractivity contribution is 5.61. The van der Waals surface area contributed by atoms with Crippen molar-refractivity contribution in [3.05, 3.63) is 46.9 Å². The molecule has 1 fully saturated rings. The molecule has 0 amide bonds. The van der Waals surface area contributed by atoms with Crippen LogP contribution >= 0.6 is 0 Å². The molecule has 0 aromatic heterocycles. The Bertz CT molecular complexity index is 492. The van der Waals surface area contributed by atoms with Gasteiger partial charge < -0.3 is 4.90 Å². The van der Waals surface area contributed by atoms with Crippen LogP contribution in [0.1, 0.15) is 24.8 Å². The Kier molecular flexibility index (Phi) is 3.99. The molecule has 1 heterocycles. The number of piperidine rings is 1. The number of anilines is 1. The van der Waals surface area contributed by atoms with Gasteiger partial charge in [-0.15, -0.1) is 0 Å². The minimum Gasteiger partial charge on any atom is -0.372 e. The van der Waals surface area contributed by atoms with Crippen LogP contribution in [0.15, 0.2) is 30.0 Å². The van der Waals surface area contributed by atoms with Crippen molar-refractivity contribution in [3.8, 4) is 6.07 Å². The van der Waals surface area contributed by atoms with Gasteiger partial charge in [0.15, 0.2) is 0 Å². The van der Waals surface area contributed by atoms with Gasteiger partial charge in [-0.1, -0.05) is 12.1 Å². The number of benzene rings is 1. The fourth-order valence-electron chi connectivity index (χ4n) is 2.18.